The van der Waals surface area contributed by atoms with Crippen LogP contribution in [0.4, 0.5) is 13.2 Å². The number of aromatic amines is 1. The number of alkyl halides is 3. The molecule has 1 amide bonds. The minimum Gasteiger partial charge on any atom is -0.373 e. The third kappa shape index (κ3) is 6.57. The van der Waals surface area contributed by atoms with Gasteiger partial charge in [0.1, 0.15) is 0 Å². The van der Waals surface area contributed by atoms with Crippen LogP contribution in [0.5, 0.6) is 0 Å². The van der Waals surface area contributed by atoms with Crippen LogP contribution in [0, 0.1) is 5.92 Å². The van der Waals surface area contributed by atoms with Crippen molar-refractivity contribution < 1.29 is 22.7 Å². The summed E-state index contributed by atoms with van der Waals surface area (Å²) in [6.45, 7) is 1.23. The van der Waals surface area contributed by atoms with Gasteiger partial charge in [-0.1, -0.05) is 72.8 Å². The lowest BCUT2D eigenvalue weighted by atomic mass is 9.75. The molecule has 1 aliphatic rings. The van der Waals surface area contributed by atoms with Crippen molar-refractivity contribution in [1.82, 2.24) is 14.9 Å². The van der Waals surface area contributed by atoms with Gasteiger partial charge in [-0.05, 0) is 35.2 Å². The van der Waals surface area contributed by atoms with E-state index in [-0.39, 0.29) is 36.9 Å². The highest BCUT2D eigenvalue weighted by Gasteiger charge is 2.38. The molecule has 0 saturated carbocycles. The average Bonchev–Trinajstić information content (AvgIpc) is 3.46. The SMILES string of the molecule is O=C(Cc1cnc[nH]1)N1CC[C@@H](OCc2ccc(C(F)(F)F)cc2)[C@@H](C(c2ccccc2)c2ccccc2)C1. The van der Waals surface area contributed by atoms with Crippen LogP contribution in [-0.4, -0.2) is 40.0 Å². The van der Waals surface area contributed by atoms with Crippen molar-refractivity contribution in [3.05, 3.63) is 125 Å². The first-order valence-corrected chi connectivity index (χ1v) is 13.0. The van der Waals surface area contributed by atoms with E-state index in [9.17, 15) is 18.0 Å². The number of hydrogen-bond acceptors (Lipinski definition) is 3. The Labute approximate surface area is 225 Å². The number of nitrogens with one attached hydrogen (secondary N) is 1. The fourth-order valence-corrected chi connectivity index (χ4v) is 5.37. The molecule has 5 nitrogen and oxygen atoms in total. The number of likely N-dealkylation sites (tertiary alicyclic amines) is 1. The summed E-state index contributed by atoms with van der Waals surface area (Å²) < 4.78 is 45.5. The van der Waals surface area contributed by atoms with E-state index >= 15 is 0 Å². The van der Waals surface area contributed by atoms with Crippen LogP contribution in [0.2, 0.25) is 0 Å². The summed E-state index contributed by atoms with van der Waals surface area (Å²) in [5.41, 5.74) is 3.01. The van der Waals surface area contributed by atoms with E-state index < -0.39 is 11.7 Å². The van der Waals surface area contributed by atoms with Gasteiger partial charge < -0.3 is 14.6 Å². The topological polar surface area (TPSA) is 58.2 Å². The molecule has 3 aromatic carbocycles. The first-order chi connectivity index (χ1) is 18.9. The lowest BCUT2D eigenvalue weighted by Gasteiger charge is -2.42. The molecule has 39 heavy (non-hydrogen) atoms. The summed E-state index contributed by atoms with van der Waals surface area (Å²) in [5.74, 6) is -0.0817. The van der Waals surface area contributed by atoms with Crippen molar-refractivity contribution in [3.63, 3.8) is 0 Å². The summed E-state index contributed by atoms with van der Waals surface area (Å²) in [6, 6.07) is 25.5. The van der Waals surface area contributed by atoms with Crippen LogP contribution in [0.1, 0.15) is 40.3 Å². The maximum atomic E-state index is 13.3. The second kappa shape index (κ2) is 11.9. The number of imidazole rings is 1. The van der Waals surface area contributed by atoms with Crippen molar-refractivity contribution in [2.75, 3.05) is 13.1 Å². The molecule has 1 saturated heterocycles. The fourth-order valence-electron chi connectivity index (χ4n) is 5.37. The average molecular weight is 534 g/mol. The molecule has 0 spiro atoms. The monoisotopic (exact) mass is 533 g/mol. The van der Waals surface area contributed by atoms with E-state index in [2.05, 4.69) is 34.2 Å². The van der Waals surface area contributed by atoms with Crippen molar-refractivity contribution in [3.8, 4) is 0 Å². The maximum Gasteiger partial charge on any atom is 0.416 e. The Balaban J connectivity index is 1.41. The summed E-state index contributed by atoms with van der Waals surface area (Å²) in [5, 5.41) is 0. The Hall–Kier alpha value is -3.91. The first kappa shape index (κ1) is 26.7. The lowest BCUT2D eigenvalue weighted by Crippen LogP contribution is -2.49. The van der Waals surface area contributed by atoms with Gasteiger partial charge in [-0.15, -0.1) is 0 Å². The first-order valence-electron chi connectivity index (χ1n) is 13.0. The van der Waals surface area contributed by atoms with E-state index in [0.29, 0.717) is 25.1 Å². The van der Waals surface area contributed by atoms with Gasteiger partial charge in [0, 0.05) is 36.8 Å². The van der Waals surface area contributed by atoms with Crippen LogP contribution >= 0.6 is 0 Å². The molecule has 0 bridgehead atoms. The van der Waals surface area contributed by atoms with Crippen molar-refractivity contribution >= 4 is 5.91 Å². The van der Waals surface area contributed by atoms with Crippen LogP contribution in [-0.2, 0) is 28.7 Å². The van der Waals surface area contributed by atoms with Gasteiger partial charge >= 0.3 is 6.18 Å². The number of carbonyl (C=O) groups is 1. The normalized spacial score (nSPS) is 17.9. The van der Waals surface area contributed by atoms with Gasteiger partial charge in [0.2, 0.25) is 5.91 Å². The Bertz CT molecular complexity index is 1290. The van der Waals surface area contributed by atoms with Gasteiger partial charge in [-0.2, -0.15) is 13.2 Å². The Morgan fingerprint density at radius 2 is 1.62 bits per heavy atom. The predicted molar refractivity (Wildman–Crippen MR) is 142 cm³/mol. The quantitative estimate of drug-likeness (QED) is 0.292. The second-order valence-electron chi connectivity index (χ2n) is 9.89. The molecule has 0 radical (unpaired) electrons. The van der Waals surface area contributed by atoms with Crippen molar-refractivity contribution in [1.29, 1.82) is 0 Å². The maximum absolute atomic E-state index is 13.3. The molecule has 1 aromatic heterocycles. The number of H-pyrrole nitrogens is 1. The summed E-state index contributed by atoms with van der Waals surface area (Å²) in [7, 11) is 0. The van der Waals surface area contributed by atoms with Crippen LogP contribution in [0.25, 0.3) is 0 Å². The molecule has 2 heterocycles. The Morgan fingerprint density at radius 1 is 0.974 bits per heavy atom. The minimum absolute atomic E-state index is 0.0188. The second-order valence-corrected chi connectivity index (χ2v) is 9.89. The molecule has 1 N–H and O–H groups in total. The molecular weight excluding hydrogens is 503 g/mol. The smallest absolute Gasteiger partial charge is 0.373 e. The van der Waals surface area contributed by atoms with Gasteiger partial charge in [-0.3, -0.25) is 4.79 Å². The number of rotatable bonds is 8. The largest absolute Gasteiger partial charge is 0.416 e. The zero-order valence-corrected chi connectivity index (χ0v) is 21.4. The van der Waals surface area contributed by atoms with Crippen molar-refractivity contribution in [2.24, 2.45) is 5.92 Å². The van der Waals surface area contributed by atoms with Gasteiger partial charge in [-0.25, -0.2) is 4.98 Å². The number of amides is 1. The number of piperidine rings is 1. The number of nitrogens with zero attached hydrogens (tertiary/aromatic N) is 2. The molecule has 5 rings (SSSR count). The van der Waals surface area contributed by atoms with Gasteiger partial charge in [0.05, 0.1) is 31.0 Å². The number of carbonyl (C=O) groups excluding carboxylic acids is 1. The zero-order valence-electron chi connectivity index (χ0n) is 21.4. The van der Waals surface area contributed by atoms with Crippen molar-refractivity contribution in [2.45, 2.75) is 37.6 Å². The van der Waals surface area contributed by atoms with Crippen LogP contribution in [0.3, 0.4) is 0 Å². The predicted octanol–water partition coefficient (Wildman–Crippen LogP) is 6.24. The third-order valence-corrected chi connectivity index (χ3v) is 7.33. The zero-order chi connectivity index (χ0) is 27.2. The van der Waals surface area contributed by atoms with Crippen LogP contribution in [0.15, 0.2) is 97.5 Å². The number of ether oxygens (including phenoxy) is 1. The highest BCUT2D eigenvalue weighted by atomic mass is 19.4. The molecule has 8 heteroatoms. The van der Waals surface area contributed by atoms with Crippen LogP contribution < -0.4 is 0 Å². The molecule has 2 atom stereocenters. The highest BCUT2D eigenvalue weighted by molar-refractivity contribution is 5.78. The van der Waals surface area contributed by atoms with E-state index in [1.807, 2.05) is 41.3 Å². The summed E-state index contributed by atoms with van der Waals surface area (Å²) >= 11 is 0. The molecule has 0 aliphatic carbocycles. The fraction of sp³-hybridized carbons (Fsp3) is 0.290. The molecule has 202 valence electrons. The molecule has 4 aromatic rings. The Kier molecular flexibility index (Phi) is 8.12. The van der Waals surface area contributed by atoms with Gasteiger partial charge in [0.25, 0.3) is 0 Å². The standard InChI is InChI=1S/C31H30F3N3O2/c32-31(33,34)25-13-11-22(12-14-25)20-39-28-15-16-37(29(38)17-26-18-35-21-36-26)19-27(28)30(23-7-3-1-4-8-23)24-9-5-2-6-10-24/h1-14,18,21,27-28,30H,15-17,19-20H2,(H,35,36)/t27-,28+/m0/s1. The molecule has 1 fully saturated rings. The van der Waals surface area contributed by atoms with E-state index in [1.54, 1.807) is 12.5 Å². The van der Waals surface area contributed by atoms with E-state index in [0.717, 1.165) is 29.0 Å². The third-order valence-electron chi connectivity index (χ3n) is 7.33. The molecule has 1 aliphatic heterocycles. The van der Waals surface area contributed by atoms with E-state index in [1.165, 1.54) is 12.1 Å². The summed E-state index contributed by atoms with van der Waals surface area (Å²) in [4.78, 5) is 22.2. The number of halogens is 3. The van der Waals surface area contributed by atoms with Gasteiger partial charge in [0.15, 0.2) is 0 Å². The molecule has 0 unspecified atom stereocenters. The minimum atomic E-state index is -4.38. The highest BCUT2D eigenvalue weighted by Crippen LogP contribution is 2.39. The number of hydrogen-bond donors (Lipinski definition) is 1. The van der Waals surface area contributed by atoms with E-state index in [4.69, 9.17) is 4.74 Å². The molecular formula is C31H30F3N3O2. The number of benzene rings is 3. The lowest BCUT2D eigenvalue weighted by molar-refractivity contribution is -0.138. The summed E-state index contributed by atoms with van der Waals surface area (Å²) in [6.07, 6.45) is -0.492. The number of aromatic nitrogens is 2. The Morgan fingerprint density at radius 3 is 2.18 bits per heavy atom.